The van der Waals surface area contributed by atoms with E-state index in [1.54, 1.807) is 7.11 Å². The molecule has 2 heteroatoms. The van der Waals surface area contributed by atoms with Crippen molar-refractivity contribution in [2.45, 2.75) is 19.4 Å². The van der Waals surface area contributed by atoms with Crippen molar-refractivity contribution in [3.8, 4) is 11.5 Å². The average molecular weight is 266 g/mol. The third kappa shape index (κ3) is 2.55. The number of rotatable bonds is 3. The van der Waals surface area contributed by atoms with Crippen molar-refractivity contribution in [3.05, 3.63) is 71.4 Å². The summed E-state index contributed by atoms with van der Waals surface area (Å²) in [6, 6.07) is 7.72. The first-order chi connectivity index (χ1) is 9.76. The standard InChI is InChI=1S/C18H18O2/c1-13-11-14-5-3-4-6-17(14)18(12-13)20-16-9-7-15(19-2)8-10-16/h3-4,6-12,18H,5H2,1-2H3. The van der Waals surface area contributed by atoms with E-state index in [2.05, 4.69) is 37.3 Å². The summed E-state index contributed by atoms with van der Waals surface area (Å²) < 4.78 is 11.3. The van der Waals surface area contributed by atoms with Crippen LogP contribution >= 0.6 is 0 Å². The first-order valence-electron chi connectivity index (χ1n) is 6.83. The van der Waals surface area contributed by atoms with Gasteiger partial charge >= 0.3 is 0 Å². The summed E-state index contributed by atoms with van der Waals surface area (Å²) in [5.74, 6) is 1.70. The van der Waals surface area contributed by atoms with E-state index >= 15 is 0 Å². The van der Waals surface area contributed by atoms with E-state index in [4.69, 9.17) is 9.47 Å². The smallest absolute Gasteiger partial charge is 0.143 e. The highest BCUT2D eigenvalue weighted by Crippen LogP contribution is 2.32. The van der Waals surface area contributed by atoms with Gasteiger partial charge < -0.3 is 9.47 Å². The molecule has 1 aromatic carbocycles. The Morgan fingerprint density at radius 1 is 1.10 bits per heavy atom. The molecule has 0 bridgehead atoms. The summed E-state index contributed by atoms with van der Waals surface area (Å²) in [6.45, 7) is 2.12. The van der Waals surface area contributed by atoms with Gasteiger partial charge in [0, 0.05) is 0 Å². The summed E-state index contributed by atoms with van der Waals surface area (Å²) in [7, 11) is 1.67. The Kier molecular flexibility index (Phi) is 3.46. The molecule has 0 spiro atoms. The van der Waals surface area contributed by atoms with Gasteiger partial charge in [-0.2, -0.15) is 0 Å². The maximum Gasteiger partial charge on any atom is 0.143 e. The Morgan fingerprint density at radius 3 is 2.60 bits per heavy atom. The Labute approximate surface area is 119 Å². The van der Waals surface area contributed by atoms with E-state index < -0.39 is 0 Å². The number of fused-ring (bicyclic) bond motifs is 1. The fourth-order valence-electron chi connectivity index (χ4n) is 2.56. The lowest BCUT2D eigenvalue weighted by Gasteiger charge is -2.26. The molecule has 1 aromatic rings. The second-order valence-corrected chi connectivity index (χ2v) is 5.05. The predicted octanol–water partition coefficient (Wildman–Crippen LogP) is 4.22. The molecule has 0 heterocycles. The molecule has 0 saturated carbocycles. The molecule has 2 aliphatic carbocycles. The Bertz CT molecular complexity index is 615. The summed E-state index contributed by atoms with van der Waals surface area (Å²) in [6.07, 6.45) is 11.8. The van der Waals surface area contributed by atoms with Crippen molar-refractivity contribution in [1.82, 2.24) is 0 Å². The van der Waals surface area contributed by atoms with E-state index in [1.165, 1.54) is 16.7 Å². The van der Waals surface area contributed by atoms with Crippen LogP contribution in [0, 0.1) is 0 Å². The SMILES string of the molecule is COc1ccc(OC2C=C(C)C=C3CC=CC=C32)cc1. The van der Waals surface area contributed by atoms with Gasteiger partial charge in [0.15, 0.2) is 0 Å². The van der Waals surface area contributed by atoms with Crippen LogP contribution in [0.4, 0.5) is 0 Å². The van der Waals surface area contributed by atoms with Crippen LogP contribution in [0.1, 0.15) is 13.3 Å². The van der Waals surface area contributed by atoms with Gasteiger partial charge in [-0.25, -0.2) is 0 Å². The zero-order chi connectivity index (χ0) is 13.9. The van der Waals surface area contributed by atoms with E-state index in [0.717, 1.165) is 17.9 Å². The quantitative estimate of drug-likeness (QED) is 0.815. The normalized spacial score (nSPS) is 20.5. The molecule has 0 aliphatic heterocycles. The maximum absolute atomic E-state index is 6.12. The topological polar surface area (TPSA) is 18.5 Å². The lowest BCUT2D eigenvalue weighted by Crippen LogP contribution is -2.22. The molecule has 2 aliphatic rings. The van der Waals surface area contributed by atoms with Gasteiger partial charge in [-0.15, -0.1) is 0 Å². The molecule has 1 unspecified atom stereocenters. The zero-order valence-corrected chi connectivity index (χ0v) is 11.8. The highest BCUT2D eigenvalue weighted by Gasteiger charge is 2.22. The maximum atomic E-state index is 6.12. The summed E-state index contributed by atoms with van der Waals surface area (Å²) >= 11 is 0. The highest BCUT2D eigenvalue weighted by molar-refractivity contribution is 5.51. The molecule has 0 radical (unpaired) electrons. The molecule has 2 nitrogen and oxygen atoms in total. The van der Waals surface area contributed by atoms with Crippen LogP contribution in [0.15, 0.2) is 71.4 Å². The Hall–Kier alpha value is -2.22. The van der Waals surface area contributed by atoms with E-state index in [9.17, 15) is 0 Å². The van der Waals surface area contributed by atoms with Crippen molar-refractivity contribution in [2.24, 2.45) is 0 Å². The predicted molar refractivity (Wildman–Crippen MR) is 81.1 cm³/mol. The van der Waals surface area contributed by atoms with Crippen molar-refractivity contribution in [1.29, 1.82) is 0 Å². The van der Waals surface area contributed by atoms with Crippen LogP contribution in [0.5, 0.6) is 11.5 Å². The molecule has 0 aromatic heterocycles. The largest absolute Gasteiger partial charge is 0.497 e. The van der Waals surface area contributed by atoms with Gasteiger partial charge in [0.25, 0.3) is 0 Å². The summed E-state index contributed by atoms with van der Waals surface area (Å²) in [4.78, 5) is 0. The second kappa shape index (κ2) is 5.41. The molecule has 3 rings (SSSR count). The molecule has 20 heavy (non-hydrogen) atoms. The minimum atomic E-state index is -0.00616. The van der Waals surface area contributed by atoms with Crippen molar-refractivity contribution >= 4 is 0 Å². The zero-order valence-electron chi connectivity index (χ0n) is 11.8. The monoisotopic (exact) mass is 266 g/mol. The Morgan fingerprint density at radius 2 is 1.85 bits per heavy atom. The van der Waals surface area contributed by atoms with E-state index in [1.807, 2.05) is 24.3 Å². The average Bonchev–Trinajstić information content (AvgIpc) is 2.48. The number of ether oxygens (including phenoxy) is 2. The molecule has 0 N–H and O–H groups in total. The van der Waals surface area contributed by atoms with Crippen LogP contribution in [0.3, 0.4) is 0 Å². The minimum Gasteiger partial charge on any atom is -0.497 e. The number of benzene rings is 1. The van der Waals surface area contributed by atoms with Gasteiger partial charge in [0.05, 0.1) is 7.11 Å². The van der Waals surface area contributed by atoms with E-state index in [-0.39, 0.29) is 6.10 Å². The summed E-state index contributed by atoms with van der Waals surface area (Å²) in [5.41, 5.74) is 3.87. The lowest BCUT2D eigenvalue weighted by molar-refractivity contribution is 0.283. The highest BCUT2D eigenvalue weighted by atomic mass is 16.5. The first-order valence-corrected chi connectivity index (χ1v) is 6.83. The summed E-state index contributed by atoms with van der Waals surface area (Å²) in [5, 5.41) is 0. The second-order valence-electron chi connectivity index (χ2n) is 5.05. The van der Waals surface area contributed by atoms with Gasteiger partial charge in [-0.1, -0.05) is 29.9 Å². The fourth-order valence-corrected chi connectivity index (χ4v) is 2.56. The molecular weight excluding hydrogens is 248 g/mol. The third-order valence-electron chi connectivity index (χ3n) is 3.57. The van der Waals surface area contributed by atoms with Crippen LogP contribution in [0.2, 0.25) is 0 Å². The van der Waals surface area contributed by atoms with Crippen LogP contribution in [-0.2, 0) is 0 Å². The first kappa shape index (κ1) is 12.8. The molecular formula is C18H18O2. The minimum absolute atomic E-state index is 0.00616. The number of allylic oxidation sites excluding steroid dienone is 5. The number of hydrogen-bond donors (Lipinski definition) is 0. The van der Waals surface area contributed by atoms with Crippen LogP contribution in [0.25, 0.3) is 0 Å². The van der Waals surface area contributed by atoms with Gasteiger partial charge in [-0.05, 0) is 54.8 Å². The fraction of sp³-hybridized carbons (Fsp3) is 0.222. The van der Waals surface area contributed by atoms with Crippen molar-refractivity contribution < 1.29 is 9.47 Å². The molecule has 102 valence electrons. The van der Waals surface area contributed by atoms with E-state index in [0.29, 0.717) is 0 Å². The van der Waals surface area contributed by atoms with Gasteiger partial charge in [0.1, 0.15) is 17.6 Å². The molecule has 0 saturated heterocycles. The van der Waals surface area contributed by atoms with Crippen molar-refractivity contribution in [3.63, 3.8) is 0 Å². The van der Waals surface area contributed by atoms with Crippen LogP contribution < -0.4 is 9.47 Å². The van der Waals surface area contributed by atoms with Gasteiger partial charge in [0.2, 0.25) is 0 Å². The lowest BCUT2D eigenvalue weighted by atomic mass is 9.87. The third-order valence-corrected chi connectivity index (χ3v) is 3.57. The molecule has 1 atom stereocenters. The molecule has 0 fully saturated rings. The molecule has 0 amide bonds. The van der Waals surface area contributed by atoms with Crippen LogP contribution in [-0.4, -0.2) is 13.2 Å². The van der Waals surface area contributed by atoms with Gasteiger partial charge in [-0.3, -0.25) is 0 Å². The number of methoxy groups -OCH3 is 1. The Balaban J connectivity index is 1.83. The number of hydrogen-bond acceptors (Lipinski definition) is 2. The van der Waals surface area contributed by atoms with Crippen molar-refractivity contribution in [2.75, 3.05) is 7.11 Å².